The van der Waals surface area contributed by atoms with Crippen LogP contribution < -0.4 is 0 Å². The summed E-state index contributed by atoms with van der Waals surface area (Å²) < 4.78 is 11.1. The van der Waals surface area contributed by atoms with Crippen LogP contribution in [0.15, 0.2) is 15.2 Å². The summed E-state index contributed by atoms with van der Waals surface area (Å²) in [5.41, 5.74) is 0.731. The topological polar surface area (TPSA) is 88.5 Å². The predicted molar refractivity (Wildman–Crippen MR) is 88.0 cm³/mol. The number of hydrogen-bond acceptors (Lipinski definition) is 7. The Morgan fingerprint density at radius 3 is 2.68 bits per heavy atom. The fourth-order valence-corrected chi connectivity index (χ4v) is 3.95. The minimum absolute atomic E-state index is 0.0772. The molecule has 134 valence electrons. The molecule has 0 bridgehead atoms. The zero-order valence-corrected chi connectivity index (χ0v) is 15.0. The van der Waals surface area contributed by atoms with E-state index < -0.39 is 0 Å². The van der Waals surface area contributed by atoms with Gasteiger partial charge in [-0.05, 0) is 20.4 Å². The summed E-state index contributed by atoms with van der Waals surface area (Å²) in [6.45, 7) is 8.22. The summed E-state index contributed by atoms with van der Waals surface area (Å²) in [5.74, 6) is 1.85. The van der Waals surface area contributed by atoms with E-state index in [1.54, 1.807) is 6.92 Å². The van der Waals surface area contributed by atoms with Gasteiger partial charge in [-0.1, -0.05) is 13.8 Å². The molecule has 2 aromatic heterocycles. The van der Waals surface area contributed by atoms with Gasteiger partial charge in [-0.15, -0.1) is 10.2 Å². The van der Waals surface area contributed by atoms with E-state index in [1.807, 2.05) is 18.7 Å². The van der Waals surface area contributed by atoms with E-state index in [-0.39, 0.29) is 23.3 Å². The van der Waals surface area contributed by atoms with Gasteiger partial charge in [-0.3, -0.25) is 9.69 Å². The van der Waals surface area contributed by atoms with Crippen LogP contribution in [0.5, 0.6) is 0 Å². The molecule has 2 saturated heterocycles. The molecule has 4 rings (SSSR count). The van der Waals surface area contributed by atoms with Crippen molar-refractivity contribution in [1.82, 2.24) is 25.0 Å². The van der Waals surface area contributed by atoms with Gasteiger partial charge in [-0.2, -0.15) is 0 Å². The largest absolute Gasteiger partial charge is 0.438 e. The van der Waals surface area contributed by atoms with Gasteiger partial charge in [0.15, 0.2) is 6.39 Å². The average Bonchev–Trinajstić information content (AvgIpc) is 3.22. The van der Waals surface area contributed by atoms with Crippen molar-refractivity contribution in [3.05, 3.63) is 29.6 Å². The van der Waals surface area contributed by atoms with Gasteiger partial charge in [0, 0.05) is 31.0 Å². The molecule has 8 heteroatoms. The van der Waals surface area contributed by atoms with E-state index in [0.29, 0.717) is 23.2 Å². The highest BCUT2D eigenvalue weighted by Crippen LogP contribution is 2.47. The van der Waals surface area contributed by atoms with Crippen LogP contribution >= 0.6 is 0 Å². The van der Waals surface area contributed by atoms with E-state index in [1.165, 1.54) is 6.39 Å². The van der Waals surface area contributed by atoms with Gasteiger partial charge >= 0.3 is 0 Å². The molecule has 1 unspecified atom stereocenters. The molecular weight excluding hydrogens is 322 g/mol. The highest BCUT2D eigenvalue weighted by molar-refractivity contribution is 5.93. The van der Waals surface area contributed by atoms with Crippen LogP contribution in [0.25, 0.3) is 0 Å². The molecular formula is C17H23N5O3. The summed E-state index contributed by atoms with van der Waals surface area (Å²) in [4.78, 5) is 20.6. The molecule has 4 heterocycles. The van der Waals surface area contributed by atoms with Crippen molar-refractivity contribution in [3.63, 3.8) is 0 Å². The first-order valence-electron chi connectivity index (χ1n) is 8.61. The maximum absolute atomic E-state index is 12.5. The molecule has 0 aliphatic carbocycles. The normalized spacial score (nSPS) is 22.8. The second-order valence-electron chi connectivity index (χ2n) is 7.70. The van der Waals surface area contributed by atoms with Crippen molar-refractivity contribution in [2.45, 2.75) is 39.2 Å². The fraction of sp³-hybridized carbons (Fsp3) is 0.647. The maximum Gasteiger partial charge on any atom is 0.291 e. The number of aromatic nitrogens is 3. The smallest absolute Gasteiger partial charge is 0.291 e. The minimum Gasteiger partial charge on any atom is -0.438 e. The van der Waals surface area contributed by atoms with Crippen LogP contribution in [-0.2, 0) is 0 Å². The van der Waals surface area contributed by atoms with Crippen LogP contribution in [0.4, 0.5) is 0 Å². The predicted octanol–water partition coefficient (Wildman–Crippen LogP) is 2.01. The van der Waals surface area contributed by atoms with Gasteiger partial charge in [0.05, 0.1) is 11.7 Å². The highest BCUT2D eigenvalue weighted by atomic mass is 16.4. The van der Waals surface area contributed by atoms with Crippen LogP contribution in [-0.4, -0.2) is 57.6 Å². The number of hydrogen-bond donors (Lipinski definition) is 0. The number of carbonyl (C=O) groups excluding carboxylic acids is 1. The summed E-state index contributed by atoms with van der Waals surface area (Å²) in [6, 6.07) is 0.115. The van der Waals surface area contributed by atoms with E-state index in [0.717, 1.165) is 26.1 Å². The van der Waals surface area contributed by atoms with Crippen molar-refractivity contribution in [1.29, 1.82) is 0 Å². The third-order valence-corrected chi connectivity index (χ3v) is 5.26. The zero-order valence-electron chi connectivity index (χ0n) is 15.0. The van der Waals surface area contributed by atoms with Crippen LogP contribution in [0, 0.1) is 12.3 Å². The first-order chi connectivity index (χ1) is 11.9. The summed E-state index contributed by atoms with van der Waals surface area (Å²) in [7, 11) is 2.07. The SMILES string of the molecule is Cc1ncoc1C(=O)N1CC2(CC(c3nnc(C(C)C)o3)N(C)C2)C1. The molecule has 1 spiro atoms. The van der Waals surface area contributed by atoms with Gasteiger partial charge in [0.25, 0.3) is 5.91 Å². The van der Waals surface area contributed by atoms with E-state index in [2.05, 4.69) is 27.1 Å². The molecule has 1 atom stereocenters. The first kappa shape index (κ1) is 16.3. The molecule has 25 heavy (non-hydrogen) atoms. The standard InChI is InChI=1S/C17H23N5O3/c1-10(2)14-19-20-15(25-14)12-5-17(6-21(12)4)7-22(8-17)16(23)13-11(3)18-9-24-13/h9-10,12H,5-8H2,1-4H3. The fourth-order valence-electron chi connectivity index (χ4n) is 3.95. The number of likely N-dealkylation sites (tertiary alicyclic amines) is 2. The van der Waals surface area contributed by atoms with Crippen molar-refractivity contribution >= 4 is 5.91 Å². The highest BCUT2D eigenvalue weighted by Gasteiger charge is 2.53. The van der Waals surface area contributed by atoms with Crippen molar-refractivity contribution < 1.29 is 13.6 Å². The van der Waals surface area contributed by atoms with Crippen molar-refractivity contribution in [2.75, 3.05) is 26.7 Å². The Bertz CT molecular complexity index is 790. The van der Waals surface area contributed by atoms with Gasteiger partial charge < -0.3 is 13.7 Å². The third-order valence-electron chi connectivity index (χ3n) is 5.26. The zero-order chi connectivity index (χ0) is 17.8. The van der Waals surface area contributed by atoms with Crippen LogP contribution in [0.1, 0.15) is 60.3 Å². The number of amides is 1. The van der Waals surface area contributed by atoms with E-state index >= 15 is 0 Å². The minimum atomic E-state index is -0.0772. The van der Waals surface area contributed by atoms with E-state index in [4.69, 9.17) is 8.83 Å². The maximum atomic E-state index is 12.5. The number of nitrogens with zero attached hydrogens (tertiary/aromatic N) is 5. The molecule has 0 N–H and O–H groups in total. The molecule has 1 amide bonds. The first-order valence-corrected chi connectivity index (χ1v) is 8.61. The Labute approximate surface area is 146 Å². The van der Waals surface area contributed by atoms with Gasteiger partial charge in [0.2, 0.25) is 17.5 Å². The average molecular weight is 345 g/mol. The number of aryl methyl sites for hydroxylation is 1. The molecule has 0 radical (unpaired) electrons. The molecule has 0 saturated carbocycles. The Balaban J connectivity index is 1.44. The summed E-state index contributed by atoms with van der Waals surface area (Å²) in [6.07, 6.45) is 2.24. The molecule has 2 fully saturated rings. The monoisotopic (exact) mass is 345 g/mol. The molecule has 8 nitrogen and oxygen atoms in total. The van der Waals surface area contributed by atoms with E-state index in [9.17, 15) is 4.79 Å². The summed E-state index contributed by atoms with van der Waals surface area (Å²) >= 11 is 0. The Morgan fingerprint density at radius 1 is 1.32 bits per heavy atom. The van der Waals surface area contributed by atoms with Crippen LogP contribution in [0.3, 0.4) is 0 Å². The number of rotatable bonds is 3. The lowest BCUT2D eigenvalue weighted by Crippen LogP contribution is -2.59. The lowest BCUT2D eigenvalue weighted by atomic mass is 9.77. The Hall–Kier alpha value is -2.22. The summed E-state index contributed by atoms with van der Waals surface area (Å²) in [5, 5.41) is 8.38. The lowest BCUT2D eigenvalue weighted by Gasteiger charge is -2.47. The van der Waals surface area contributed by atoms with Crippen molar-refractivity contribution in [2.24, 2.45) is 5.41 Å². The van der Waals surface area contributed by atoms with Gasteiger partial charge in [-0.25, -0.2) is 4.98 Å². The molecule has 2 aromatic rings. The number of carbonyl (C=O) groups is 1. The Morgan fingerprint density at radius 2 is 2.08 bits per heavy atom. The molecule has 0 aromatic carbocycles. The Kier molecular flexibility index (Phi) is 3.68. The second-order valence-corrected chi connectivity index (χ2v) is 7.70. The quantitative estimate of drug-likeness (QED) is 0.840. The molecule has 2 aliphatic heterocycles. The third kappa shape index (κ3) is 2.64. The number of oxazole rings is 1. The van der Waals surface area contributed by atoms with Crippen LogP contribution in [0.2, 0.25) is 0 Å². The lowest BCUT2D eigenvalue weighted by molar-refractivity contribution is 0.00897. The van der Waals surface area contributed by atoms with Gasteiger partial charge in [0.1, 0.15) is 0 Å². The molecule has 2 aliphatic rings. The van der Waals surface area contributed by atoms with Crippen molar-refractivity contribution in [3.8, 4) is 0 Å². The second kappa shape index (κ2) is 5.66.